The molecule has 26 heavy (non-hydrogen) atoms. The minimum Gasteiger partial charge on any atom is -0.421 e. The lowest BCUT2D eigenvalue weighted by Gasteiger charge is -2.28. The highest BCUT2D eigenvalue weighted by Gasteiger charge is 2.31. The zero-order valence-corrected chi connectivity index (χ0v) is 13.9. The first-order valence-electron chi connectivity index (χ1n) is 8.60. The summed E-state index contributed by atoms with van der Waals surface area (Å²) >= 11 is 0. The lowest BCUT2D eigenvalue weighted by Crippen LogP contribution is -2.44. The second-order valence-electron chi connectivity index (χ2n) is 6.75. The summed E-state index contributed by atoms with van der Waals surface area (Å²) in [4.78, 5) is 30.7. The van der Waals surface area contributed by atoms with Gasteiger partial charge in [-0.15, -0.1) is 0 Å². The van der Waals surface area contributed by atoms with Crippen LogP contribution in [-0.2, 0) is 0 Å². The van der Waals surface area contributed by atoms with E-state index in [2.05, 4.69) is 10.3 Å². The fraction of sp³-hybridized carbons (Fsp3) is 0.438. The molecule has 1 saturated carbocycles. The van der Waals surface area contributed by atoms with Crippen LogP contribution >= 0.6 is 0 Å². The van der Waals surface area contributed by atoms with Crippen molar-refractivity contribution in [2.24, 2.45) is 0 Å². The fourth-order valence-corrected chi connectivity index (χ4v) is 3.63. The third-order valence-corrected chi connectivity index (χ3v) is 5.03. The number of fused-ring (bicyclic) bond motifs is 3. The molecule has 0 radical (unpaired) electrons. The highest BCUT2D eigenvalue weighted by atomic mass is 19.1. The van der Waals surface area contributed by atoms with Crippen LogP contribution in [0.2, 0.25) is 0 Å². The van der Waals surface area contributed by atoms with Crippen LogP contribution in [0.15, 0.2) is 21.7 Å². The summed E-state index contributed by atoms with van der Waals surface area (Å²) in [5, 5.41) is 12.9. The molecular weight excluding hydrogens is 343 g/mol. The molecule has 5 rings (SSSR count). The third kappa shape index (κ3) is 2.08. The average molecular weight is 360 g/mol. The zero-order valence-electron chi connectivity index (χ0n) is 13.9. The number of anilines is 1. The van der Waals surface area contributed by atoms with Crippen molar-refractivity contribution in [3.05, 3.63) is 38.8 Å². The molecule has 3 aromatic rings. The van der Waals surface area contributed by atoms with E-state index in [0.717, 1.165) is 30.3 Å². The van der Waals surface area contributed by atoms with Gasteiger partial charge in [-0.2, -0.15) is 0 Å². The number of nitrogens with one attached hydrogen (secondary N) is 1. The van der Waals surface area contributed by atoms with Crippen molar-refractivity contribution in [3.63, 3.8) is 0 Å². The number of imidazole rings is 1. The van der Waals surface area contributed by atoms with Crippen LogP contribution < -0.4 is 21.5 Å². The van der Waals surface area contributed by atoms with Crippen LogP contribution in [-0.4, -0.2) is 50.1 Å². The Morgan fingerprint density at radius 3 is 2.62 bits per heavy atom. The first-order chi connectivity index (χ1) is 12.6. The van der Waals surface area contributed by atoms with Gasteiger partial charge in [0.15, 0.2) is 17.3 Å². The van der Waals surface area contributed by atoms with E-state index >= 15 is 0 Å². The molecule has 0 amide bonds. The van der Waals surface area contributed by atoms with Gasteiger partial charge in [-0.05, 0) is 12.8 Å². The van der Waals surface area contributed by atoms with Crippen LogP contribution in [0.25, 0.3) is 16.8 Å². The molecule has 2 aliphatic rings. The SMILES string of the molecule is O=c1cc2n(C3CC3)c3nc(N4CCNCC4)c(F)cc3n2c(=O)n1O. The summed E-state index contributed by atoms with van der Waals surface area (Å²) in [6.45, 7) is 2.77. The molecule has 0 atom stereocenters. The molecule has 10 heteroatoms. The first kappa shape index (κ1) is 15.4. The van der Waals surface area contributed by atoms with Gasteiger partial charge in [-0.1, -0.05) is 4.73 Å². The molecule has 0 bridgehead atoms. The van der Waals surface area contributed by atoms with Gasteiger partial charge in [-0.25, -0.2) is 18.6 Å². The summed E-state index contributed by atoms with van der Waals surface area (Å²) in [5.41, 5.74) is -0.719. The van der Waals surface area contributed by atoms with Gasteiger partial charge in [0.05, 0.1) is 5.52 Å². The van der Waals surface area contributed by atoms with E-state index in [-0.39, 0.29) is 22.1 Å². The van der Waals surface area contributed by atoms with E-state index < -0.39 is 17.1 Å². The summed E-state index contributed by atoms with van der Waals surface area (Å²) in [6.07, 6.45) is 1.80. The van der Waals surface area contributed by atoms with E-state index in [9.17, 15) is 19.2 Å². The number of hydrogen-bond acceptors (Lipinski definition) is 6. The minimum absolute atomic E-state index is 0.0335. The molecule has 1 aliphatic carbocycles. The maximum atomic E-state index is 14.8. The predicted molar refractivity (Wildman–Crippen MR) is 91.7 cm³/mol. The Labute approximate surface area is 145 Å². The fourth-order valence-electron chi connectivity index (χ4n) is 3.63. The smallest absolute Gasteiger partial charge is 0.370 e. The van der Waals surface area contributed by atoms with E-state index in [4.69, 9.17) is 0 Å². The number of hydrogen-bond donors (Lipinski definition) is 2. The zero-order chi connectivity index (χ0) is 18.0. The number of rotatable bonds is 2. The molecule has 4 heterocycles. The first-order valence-corrected chi connectivity index (χ1v) is 8.60. The van der Waals surface area contributed by atoms with Crippen molar-refractivity contribution in [2.75, 3.05) is 31.1 Å². The Kier molecular flexibility index (Phi) is 3.14. The van der Waals surface area contributed by atoms with Gasteiger partial charge in [0.2, 0.25) is 0 Å². The van der Waals surface area contributed by atoms with Crippen LogP contribution in [0.5, 0.6) is 0 Å². The van der Waals surface area contributed by atoms with E-state index in [1.54, 1.807) is 0 Å². The van der Waals surface area contributed by atoms with Crippen molar-refractivity contribution in [3.8, 4) is 0 Å². The topological polar surface area (TPSA) is 96.8 Å². The highest BCUT2D eigenvalue weighted by molar-refractivity contribution is 5.80. The van der Waals surface area contributed by atoms with Crippen molar-refractivity contribution >= 4 is 22.6 Å². The maximum absolute atomic E-state index is 14.8. The quantitative estimate of drug-likeness (QED) is 0.621. The van der Waals surface area contributed by atoms with E-state index in [0.29, 0.717) is 24.4 Å². The number of aromatic nitrogens is 4. The summed E-state index contributed by atoms with van der Waals surface area (Å²) in [6, 6.07) is 2.56. The normalized spacial score (nSPS) is 18.1. The molecule has 0 spiro atoms. The van der Waals surface area contributed by atoms with Crippen molar-refractivity contribution < 1.29 is 9.60 Å². The number of halogens is 1. The van der Waals surface area contributed by atoms with E-state index in [1.165, 1.54) is 12.1 Å². The molecule has 2 fully saturated rings. The van der Waals surface area contributed by atoms with Gasteiger partial charge >= 0.3 is 5.69 Å². The number of nitrogens with zero attached hydrogens (tertiary/aromatic N) is 5. The monoisotopic (exact) mass is 360 g/mol. The standard InChI is InChI=1S/C16H17FN6O3/c17-10-7-11-15(19-14(10)20-5-3-18-4-6-20)21(9-1-2-9)12-8-13(24)23(26)16(25)22(11)12/h7-9,18,26H,1-6H2. The molecule has 1 aliphatic heterocycles. The third-order valence-electron chi connectivity index (χ3n) is 5.03. The summed E-state index contributed by atoms with van der Waals surface area (Å²) in [7, 11) is 0. The largest absolute Gasteiger partial charge is 0.421 e. The van der Waals surface area contributed by atoms with Crippen molar-refractivity contribution in [1.29, 1.82) is 0 Å². The number of piperazine rings is 1. The van der Waals surface area contributed by atoms with Gasteiger partial charge in [0.25, 0.3) is 5.56 Å². The van der Waals surface area contributed by atoms with Gasteiger partial charge in [-0.3, -0.25) is 4.79 Å². The second-order valence-corrected chi connectivity index (χ2v) is 6.75. The lowest BCUT2D eigenvalue weighted by atomic mass is 10.3. The Morgan fingerprint density at radius 1 is 1.19 bits per heavy atom. The highest BCUT2D eigenvalue weighted by Crippen LogP contribution is 2.39. The van der Waals surface area contributed by atoms with Crippen LogP contribution in [0.4, 0.5) is 10.2 Å². The molecule has 2 N–H and O–H groups in total. The minimum atomic E-state index is -0.923. The van der Waals surface area contributed by atoms with Crippen LogP contribution in [0.1, 0.15) is 18.9 Å². The lowest BCUT2D eigenvalue weighted by molar-refractivity contribution is 0.159. The molecule has 0 unspecified atom stereocenters. The van der Waals surface area contributed by atoms with Gasteiger partial charge in [0, 0.05) is 44.4 Å². The molecule has 0 aromatic carbocycles. The summed E-state index contributed by atoms with van der Waals surface area (Å²) in [5.74, 6) is -0.284. The number of pyridine rings is 1. The molecule has 1 saturated heterocycles. The molecule has 136 valence electrons. The van der Waals surface area contributed by atoms with Crippen molar-refractivity contribution in [2.45, 2.75) is 18.9 Å². The molecular formula is C16H17FN6O3. The predicted octanol–water partition coefficient (Wildman–Crippen LogP) is -0.0682. The Bertz CT molecular complexity index is 1150. The molecule has 3 aromatic heterocycles. The van der Waals surface area contributed by atoms with Crippen molar-refractivity contribution in [1.82, 2.24) is 24.0 Å². The maximum Gasteiger partial charge on any atom is 0.370 e. The van der Waals surface area contributed by atoms with Crippen LogP contribution in [0, 0.1) is 5.82 Å². The summed E-state index contributed by atoms with van der Waals surface area (Å²) < 4.78 is 17.8. The Morgan fingerprint density at radius 2 is 1.92 bits per heavy atom. The van der Waals surface area contributed by atoms with Gasteiger partial charge < -0.3 is 20.0 Å². The Balaban J connectivity index is 1.87. The van der Waals surface area contributed by atoms with Crippen LogP contribution in [0.3, 0.4) is 0 Å². The second kappa shape index (κ2) is 5.31. The average Bonchev–Trinajstić information content (AvgIpc) is 3.42. The molecule has 9 nitrogen and oxygen atoms in total. The Hall–Kier alpha value is -2.88. The van der Waals surface area contributed by atoms with E-state index in [1.807, 2.05) is 9.47 Å². The van der Waals surface area contributed by atoms with Gasteiger partial charge in [0.1, 0.15) is 5.65 Å².